The van der Waals surface area contributed by atoms with E-state index in [1.165, 1.54) is 12.8 Å². The van der Waals surface area contributed by atoms with Crippen molar-refractivity contribution in [3.63, 3.8) is 0 Å². The van der Waals surface area contributed by atoms with E-state index >= 15 is 0 Å². The zero-order valence-corrected chi connectivity index (χ0v) is 12.5. The van der Waals surface area contributed by atoms with Gasteiger partial charge in [-0.05, 0) is 35.0 Å². The van der Waals surface area contributed by atoms with Crippen LogP contribution in [-0.2, 0) is 0 Å². The molecule has 0 saturated carbocycles. The van der Waals surface area contributed by atoms with Crippen LogP contribution in [0.3, 0.4) is 0 Å². The second-order valence-corrected chi connectivity index (χ2v) is 8.21. The van der Waals surface area contributed by atoms with Crippen molar-refractivity contribution in [3.05, 3.63) is 0 Å². The van der Waals surface area contributed by atoms with E-state index in [2.05, 4.69) is 62.3 Å². The smallest absolute Gasteiger partial charge is 0.0303 e. The standard InChI is InChI=1S/C15H32/c1-12(10-13(2,3)4)11-15(8,9)14(5,6)7/h12H,10-11H2,1-9H3. The third-order valence-corrected chi connectivity index (χ3v) is 3.85. The maximum absolute atomic E-state index is 2.41. The fraction of sp³-hybridized carbons (Fsp3) is 1.00. The van der Waals surface area contributed by atoms with Gasteiger partial charge in [-0.25, -0.2) is 0 Å². The Morgan fingerprint density at radius 2 is 1.13 bits per heavy atom. The largest absolute Gasteiger partial charge is 0.0625 e. The predicted octanol–water partition coefficient (Wildman–Crippen LogP) is 5.52. The third-order valence-electron chi connectivity index (χ3n) is 3.85. The van der Waals surface area contributed by atoms with Gasteiger partial charge in [0.1, 0.15) is 0 Å². The van der Waals surface area contributed by atoms with Crippen molar-refractivity contribution >= 4 is 0 Å². The highest BCUT2D eigenvalue weighted by Gasteiger charge is 2.34. The van der Waals surface area contributed by atoms with Gasteiger partial charge in [-0.15, -0.1) is 0 Å². The zero-order chi connectivity index (χ0) is 12.5. The van der Waals surface area contributed by atoms with Gasteiger partial charge in [-0.1, -0.05) is 62.3 Å². The summed E-state index contributed by atoms with van der Waals surface area (Å²) in [6.45, 7) is 21.3. The molecule has 0 aliphatic heterocycles. The molecule has 0 N–H and O–H groups in total. The highest BCUT2D eigenvalue weighted by atomic mass is 14.4. The molecule has 0 bridgehead atoms. The van der Waals surface area contributed by atoms with Crippen LogP contribution in [-0.4, -0.2) is 0 Å². The minimum absolute atomic E-state index is 0.402. The molecule has 0 nitrogen and oxygen atoms in total. The number of hydrogen-bond acceptors (Lipinski definition) is 0. The fourth-order valence-electron chi connectivity index (χ4n) is 2.29. The molecule has 0 aromatic rings. The minimum Gasteiger partial charge on any atom is -0.0625 e. The van der Waals surface area contributed by atoms with Gasteiger partial charge in [0.05, 0.1) is 0 Å². The van der Waals surface area contributed by atoms with Crippen LogP contribution in [0.5, 0.6) is 0 Å². The average Bonchev–Trinajstić information content (AvgIpc) is 1.75. The van der Waals surface area contributed by atoms with E-state index in [-0.39, 0.29) is 0 Å². The Balaban J connectivity index is 4.36. The summed E-state index contributed by atoms with van der Waals surface area (Å²) in [5, 5.41) is 0. The predicted molar refractivity (Wildman–Crippen MR) is 71.1 cm³/mol. The third kappa shape index (κ3) is 5.58. The van der Waals surface area contributed by atoms with Gasteiger partial charge in [0.15, 0.2) is 0 Å². The van der Waals surface area contributed by atoms with E-state index in [1.807, 2.05) is 0 Å². The van der Waals surface area contributed by atoms with E-state index in [0.29, 0.717) is 16.2 Å². The summed E-state index contributed by atoms with van der Waals surface area (Å²) in [5.41, 5.74) is 1.30. The maximum atomic E-state index is 2.41. The quantitative estimate of drug-likeness (QED) is 0.577. The summed E-state index contributed by atoms with van der Waals surface area (Å²) in [5.74, 6) is 0.819. The second kappa shape index (κ2) is 4.47. The lowest BCUT2D eigenvalue weighted by molar-refractivity contribution is 0.0880. The van der Waals surface area contributed by atoms with Crippen molar-refractivity contribution in [3.8, 4) is 0 Å². The van der Waals surface area contributed by atoms with Crippen molar-refractivity contribution in [2.75, 3.05) is 0 Å². The van der Waals surface area contributed by atoms with Crippen LogP contribution in [0.4, 0.5) is 0 Å². The van der Waals surface area contributed by atoms with E-state index in [4.69, 9.17) is 0 Å². The zero-order valence-electron chi connectivity index (χ0n) is 12.5. The summed E-state index contributed by atoms with van der Waals surface area (Å²) in [6.07, 6.45) is 2.65. The Kier molecular flexibility index (Phi) is 4.47. The molecule has 0 fully saturated rings. The molecule has 92 valence electrons. The molecule has 0 heterocycles. The van der Waals surface area contributed by atoms with Gasteiger partial charge < -0.3 is 0 Å². The molecule has 0 aliphatic carbocycles. The molecule has 0 amide bonds. The summed E-state index contributed by atoms with van der Waals surface area (Å²) >= 11 is 0. The Morgan fingerprint density at radius 1 is 0.733 bits per heavy atom. The van der Waals surface area contributed by atoms with Crippen molar-refractivity contribution in [2.45, 2.75) is 75.2 Å². The van der Waals surface area contributed by atoms with Crippen LogP contribution in [0.25, 0.3) is 0 Å². The second-order valence-electron chi connectivity index (χ2n) is 8.21. The monoisotopic (exact) mass is 212 g/mol. The van der Waals surface area contributed by atoms with Crippen LogP contribution >= 0.6 is 0 Å². The van der Waals surface area contributed by atoms with Gasteiger partial charge >= 0.3 is 0 Å². The molecule has 15 heavy (non-hydrogen) atoms. The molecule has 0 spiro atoms. The lowest BCUT2D eigenvalue weighted by Gasteiger charge is -2.41. The van der Waals surface area contributed by atoms with Gasteiger partial charge in [-0.2, -0.15) is 0 Å². The lowest BCUT2D eigenvalue weighted by Crippen LogP contribution is -2.32. The number of hydrogen-bond donors (Lipinski definition) is 0. The molecule has 0 aliphatic rings. The topological polar surface area (TPSA) is 0 Å². The van der Waals surface area contributed by atoms with Crippen molar-refractivity contribution in [2.24, 2.45) is 22.2 Å². The number of rotatable bonds is 3. The first-order chi connectivity index (χ1) is 6.35. The highest BCUT2D eigenvalue weighted by Crippen LogP contribution is 2.44. The van der Waals surface area contributed by atoms with E-state index in [0.717, 1.165) is 5.92 Å². The molecule has 0 rings (SSSR count). The van der Waals surface area contributed by atoms with Crippen LogP contribution < -0.4 is 0 Å². The van der Waals surface area contributed by atoms with Crippen LogP contribution in [0.15, 0.2) is 0 Å². The van der Waals surface area contributed by atoms with Crippen LogP contribution in [0, 0.1) is 22.2 Å². The summed E-state index contributed by atoms with van der Waals surface area (Å²) < 4.78 is 0. The Bertz CT molecular complexity index is 185. The normalized spacial score (nSPS) is 16.6. The molecule has 1 unspecified atom stereocenters. The van der Waals surface area contributed by atoms with Crippen molar-refractivity contribution in [1.82, 2.24) is 0 Å². The van der Waals surface area contributed by atoms with E-state index in [9.17, 15) is 0 Å². The maximum Gasteiger partial charge on any atom is -0.0303 e. The Hall–Kier alpha value is 0. The lowest BCUT2D eigenvalue weighted by atomic mass is 9.64. The minimum atomic E-state index is 0.402. The molecular weight excluding hydrogens is 180 g/mol. The van der Waals surface area contributed by atoms with Crippen LogP contribution in [0.2, 0.25) is 0 Å². The first-order valence-corrected chi connectivity index (χ1v) is 6.35. The average molecular weight is 212 g/mol. The van der Waals surface area contributed by atoms with Crippen LogP contribution in [0.1, 0.15) is 75.2 Å². The van der Waals surface area contributed by atoms with Gasteiger partial charge in [0.2, 0.25) is 0 Å². The summed E-state index contributed by atoms with van der Waals surface area (Å²) in [6, 6.07) is 0. The first kappa shape index (κ1) is 15.0. The van der Waals surface area contributed by atoms with Crippen molar-refractivity contribution in [1.29, 1.82) is 0 Å². The molecule has 0 aromatic heterocycles. The molecule has 0 heteroatoms. The molecule has 1 atom stereocenters. The molecule has 0 saturated heterocycles. The summed E-state index contributed by atoms with van der Waals surface area (Å²) in [7, 11) is 0. The van der Waals surface area contributed by atoms with E-state index in [1.54, 1.807) is 0 Å². The Morgan fingerprint density at radius 3 is 1.40 bits per heavy atom. The molecule has 0 aromatic carbocycles. The van der Waals surface area contributed by atoms with Gasteiger partial charge in [0, 0.05) is 0 Å². The van der Waals surface area contributed by atoms with Crippen molar-refractivity contribution < 1.29 is 0 Å². The van der Waals surface area contributed by atoms with E-state index < -0.39 is 0 Å². The Labute approximate surface area is 97.8 Å². The summed E-state index contributed by atoms with van der Waals surface area (Å²) in [4.78, 5) is 0. The highest BCUT2D eigenvalue weighted by molar-refractivity contribution is 4.84. The molecular formula is C15H32. The SMILES string of the molecule is CC(CC(C)(C)C)CC(C)(C)C(C)(C)C. The first-order valence-electron chi connectivity index (χ1n) is 6.35. The van der Waals surface area contributed by atoms with Gasteiger partial charge in [-0.3, -0.25) is 0 Å². The molecule has 0 radical (unpaired) electrons. The van der Waals surface area contributed by atoms with Gasteiger partial charge in [0.25, 0.3) is 0 Å². The fourth-order valence-corrected chi connectivity index (χ4v) is 2.29.